The van der Waals surface area contributed by atoms with Crippen LogP contribution in [-0.2, 0) is 19.2 Å². The van der Waals surface area contributed by atoms with Gasteiger partial charge in [0.05, 0.1) is 11.5 Å². The molecule has 0 fully saturated rings. The predicted molar refractivity (Wildman–Crippen MR) is 71.6 cm³/mol. The molecule has 1 amide bonds. The van der Waals surface area contributed by atoms with Gasteiger partial charge < -0.3 is 20.6 Å². The van der Waals surface area contributed by atoms with E-state index in [2.05, 4.69) is 11.9 Å². The van der Waals surface area contributed by atoms with Gasteiger partial charge in [0.1, 0.15) is 0 Å². The van der Waals surface area contributed by atoms with Gasteiger partial charge in [0.15, 0.2) is 0 Å². The first-order chi connectivity index (χ1) is 9.64. The molecule has 0 aliphatic carbocycles. The standard InChI is InChI=1S/C13H19NO7/c1-3-9(15)14-13(6-4-10(16)17,7-5-11(18)19)8(2)12(20)21/h3,8H,1,4-7H2,2H3,(H,14,15)(H,16,17)(H,18,19)(H,20,21). The second-order valence-corrected chi connectivity index (χ2v) is 4.70. The van der Waals surface area contributed by atoms with E-state index in [-0.39, 0.29) is 12.8 Å². The van der Waals surface area contributed by atoms with Gasteiger partial charge in [-0.05, 0) is 25.8 Å². The summed E-state index contributed by atoms with van der Waals surface area (Å²) in [6.45, 7) is 4.55. The zero-order valence-corrected chi connectivity index (χ0v) is 11.7. The second kappa shape index (κ2) is 8.03. The third-order valence-corrected chi connectivity index (χ3v) is 3.33. The molecular formula is C13H19NO7. The van der Waals surface area contributed by atoms with Crippen LogP contribution in [0.3, 0.4) is 0 Å². The molecule has 0 aromatic carbocycles. The van der Waals surface area contributed by atoms with Crippen molar-refractivity contribution in [2.24, 2.45) is 5.92 Å². The Hall–Kier alpha value is -2.38. The van der Waals surface area contributed by atoms with Crippen molar-refractivity contribution in [3.8, 4) is 0 Å². The Balaban J connectivity index is 5.48. The molecule has 0 aliphatic rings. The van der Waals surface area contributed by atoms with E-state index in [1.54, 1.807) is 0 Å². The molecule has 0 aliphatic heterocycles. The third kappa shape index (κ3) is 6.07. The van der Waals surface area contributed by atoms with Gasteiger partial charge >= 0.3 is 17.9 Å². The fourth-order valence-corrected chi connectivity index (χ4v) is 1.98. The highest BCUT2D eigenvalue weighted by Gasteiger charge is 2.41. The van der Waals surface area contributed by atoms with Crippen molar-refractivity contribution in [1.29, 1.82) is 0 Å². The van der Waals surface area contributed by atoms with Gasteiger partial charge in [-0.1, -0.05) is 6.58 Å². The van der Waals surface area contributed by atoms with Crippen LogP contribution in [0.15, 0.2) is 12.7 Å². The molecule has 21 heavy (non-hydrogen) atoms. The van der Waals surface area contributed by atoms with Crippen molar-refractivity contribution in [1.82, 2.24) is 5.32 Å². The molecule has 0 radical (unpaired) electrons. The number of hydrogen-bond acceptors (Lipinski definition) is 4. The first kappa shape index (κ1) is 18.6. The summed E-state index contributed by atoms with van der Waals surface area (Å²) in [5.41, 5.74) is -1.46. The Morgan fingerprint density at radius 2 is 1.52 bits per heavy atom. The minimum Gasteiger partial charge on any atom is -0.481 e. The molecule has 8 nitrogen and oxygen atoms in total. The fourth-order valence-electron chi connectivity index (χ4n) is 1.98. The van der Waals surface area contributed by atoms with Crippen molar-refractivity contribution in [2.75, 3.05) is 0 Å². The lowest BCUT2D eigenvalue weighted by Crippen LogP contribution is -2.55. The summed E-state index contributed by atoms with van der Waals surface area (Å²) < 4.78 is 0. The Kier molecular flexibility index (Phi) is 7.12. The van der Waals surface area contributed by atoms with Gasteiger partial charge in [-0.15, -0.1) is 0 Å². The van der Waals surface area contributed by atoms with E-state index in [0.29, 0.717) is 0 Å². The number of carbonyl (C=O) groups excluding carboxylic acids is 1. The largest absolute Gasteiger partial charge is 0.481 e. The van der Waals surface area contributed by atoms with Crippen LogP contribution in [-0.4, -0.2) is 44.7 Å². The van der Waals surface area contributed by atoms with E-state index in [1.165, 1.54) is 6.92 Å². The maximum Gasteiger partial charge on any atom is 0.308 e. The number of amides is 1. The molecule has 0 aromatic heterocycles. The summed E-state index contributed by atoms with van der Waals surface area (Å²) in [6.07, 6.45) is -0.250. The summed E-state index contributed by atoms with van der Waals surface area (Å²) in [4.78, 5) is 44.2. The van der Waals surface area contributed by atoms with Gasteiger partial charge in [0, 0.05) is 12.8 Å². The summed E-state index contributed by atoms with van der Waals surface area (Å²) >= 11 is 0. The van der Waals surface area contributed by atoms with Crippen LogP contribution in [0.25, 0.3) is 0 Å². The minimum absolute atomic E-state index is 0.192. The second-order valence-electron chi connectivity index (χ2n) is 4.70. The van der Waals surface area contributed by atoms with Gasteiger partial charge in [-0.25, -0.2) is 0 Å². The molecule has 0 heterocycles. The van der Waals surface area contributed by atoms with Crippen molar-refractivity contribution in [3.05, 3.63) is 12.7 Å². The molecule has 0 saturated carbocycles. The van der Waals surface area contributed by atoms with Crippen LogP contribution in [0.4, 0.5) is 0 Å². The highest BCUT2D eigenvalue weighted by Crippen LogP contribution is 2.29. The first-order valence-corrected chi connectivity index (χ1v) is 6.25. The molecule has 0 bridgehead atoms. The molecule has 1 atom stereocenters. The average Bonchev–Trinajstić information content (AvgIpc) is 2.40. The number of carboxylic acid groups (broad SMARTS) is 3. The highest BCUT2D eigenvalue weighted by atomic mass is 16.4. The third-order valence-electron chi connectivity index (χ3n) is 3.33. The Morgan fingerprint density at radius 3 is 1.81 bits per heavy atom. The van der Waals surface area contributed by atoms with Crippen LogP contribution in [0.2, 0.25) is 0 Å². The van der Waals surface area contributed by atoms with Crippen molar-refractivity contribution in [2.45, 2.75) is 38.1 Å². The molecule has 118 valence electrons. The number of carbonyl (C=O) groups is 4. The van der Waals surface area contributed by atoms with E-state index >= 15 is 0 Å². The van der Waals surface area contributed by atoms with Crippen LogP contribution < -0.4 is 5.32 Å². The lowest BCUT2D eigenvalue weighted by molar-refractivity contribution is -0.148. The summed E-state index contributed by atoms with van der Waals surface area (Å²) in [6, 6.07) is 0. The summed E-state index contributed by atoms with van der Waals surface area (Å²) in [7, 11) is 0. The van der Waals surface area contributed by atoms with Crippen molar-refractivity contribution < 1.29 is 34.5 Å². The quantitative estimate of drug-likeness (QED) is 0.430. The normalized spacial score (nSPS) is 12.2. The summed E-state index contributed by atoms with van der Waals surface area (Å²) in [5, 5.41) is 29.1. The average molecular weight is 301 g/mol. The first-order valence-electron chi connectivity index (χ1n) is 6.25. The molecule has 0 spiro atoms. The lowest BCUT2D eigenvalue weighted by atomic mass is 9.77. The monoisotopic (exact) mass is 301 g/mol. The van der Waals surface area contributed by atoms with E-state index in [0.717, 1.165) is 6.08 Å². The van der Waals surface area contributed by atoms with Gasteiger partial charge in [-0.2, -0.15) is 0 Å². The lowest BCUT2D eigenvalue weighted by Gasteiger charge is -2.37. The number of hydrogen-bond donors (Lipinski definition) is 4. The fraction of sp³-hybridized carbons (Fsp3) is 0.538. The molecule has 0 saturated heterocycles. The Bertz CT molecular complexity index is 426. The molecule has 8 heteroatoms. The van der Waals surface area contributed by atoms with E-state index in [1.807, 2.05) is 0 Å². The summed E-state index contributed by atoms with van der Waals surface area (Å²) in [5.74, 6) is -5.42. The van der Waals surface area contributed by atoms with Crippen LogP contribution >= 0.6 is 0 Å². The number of nitrogens with one attached hydrogen (secondary N) is 1. The molecule has 4 N–H and O–H groups in total. The zero-order valence-electron chi connectivity index (χ0n) is 11.7. The topological polar surface area (TPSA) is 141 Å². The van der Waals surface area contributed by atoms with Crippen molar-refractivity contribution >= 4 is 23.8 Å². The SMILES string of the molecule is C=CC(=O)NC(CCC(=O)O)(CCC(=O)O)C(C)C(=O)O. The van der Waals surface area contributed by atoms with Gasteiger partial charge in [0.25, 0.3) is 0 Å². The van der Waals surface area contributed by atoms with Gasteiger partial charge in [0.2, 0.25) is 5.91 Å². The van der Waals surface area contributed by atoms with Gasteiger partial charge in [-0.3, -0.25) is 19.2 Å². The maximum absolute atomic E-state index is 11.5. The number of rotatable bonds is 10. The van der Waals surface area contributed by atoms with Crippen LogP contribution in [0.5, 0.6) is 0 Å². The molecule has 0 aromatic rings. The smallest absolute Gasteiger partial charge is 0.308 e. The molecular weight excluding hydrogens is 282 g/mol. The minimum atomic E-state index is -1.46. The van der Waals surface area contributed by atoms with E-state index in [4.69, 9.17) is 15.3 Å². The van der Waals surface area contributed by atoms with Crippen LogP contribution in [0, 0.1) is 5.92 Å². The highest BCUT2D eigenvalue weighted by molar-refractivity contribution is 5.88. The van der Waals surface area contributed by atoms with E-state index < -0.39 is 48.1 Å². The van der Waals surface area contributed by atoms with Crippen molar-refractivity contribution in [3.63, 3.8) is 0 Å². The van der Waals surface area contributed by atoms with E-state index in [9.17, 15) is 19.2 Å². The maximum atomic E-state index is 11.5. The zero-order chi connectivity index (χ0) is 16.6. The predicted octanol–water partition coefficient (Wildman–Crippen LogP) is 0.478. The van der Waals surface area contributed by atoms with Crippen LogP contribution in [0.1, 0.15) is 32.6 Å². The number of aliphatic carboxylic acids is 3. The Labute approximate surface area is 121 Å². The number of carboxylic acids is 3. The Morgan fingerprint density at radius 1 is 1.10 bits per heavy atom. The molecule has 0 rings (SSSR count). The molecule has 1 unspecified atom stereocenters.